The minimum absolute atomic E-state index is 0.118. The molecule has 0 saturated heterocycles. The number of nitrogens with one attached hydrogen (secondary N) is 1. The van der Waals surface area contributed by atoms with E-state index in [1.54, 1.807) is 6.20 Å². The molecule has 2 rings (SSSR count). The maximum Gasteiger partial charge on any atom is 0.0743 e. The normalized spacial score (nSPS) is 11.8. The minimum atomic E-state index is -0.200. The van der Waals surface area contributed by atoms with Crippen LogP contribution in [-0.2, 0) is 0 Å². The number of pyridine rings is 1. The summed E-state index contributed by atoms with van der Waals surface area (Å²) in [7, 11) is 0. The number of aliphatic hydroxyl groups excluding tert-OH is 1. The zero-order chi connectivity index (χ0) is 14.0. The highest BCUT2D eigenvalue weighted by molar-refractivity contribution is 9.10. The third kappa shape index (κ3) is 3.16. The van der Waals surface area contributed by atoms with E-state index in [1.807, 2.05) is 32.0 Å². The summed E-state index contributed by atoms with van der Waals surface area (Å²) in [5, 5.41) is 13.6. The highest BCUT2D eigenvalue weighted by atomic mass is 79.9. The van der Waals surface area contributed by atoms with E-state index in [9.17, 15) is 5.11 Å². The maximum absolute atomic E-state index is 9.31. The molecule has 0 fully saturated rings. The quantitative estimate of drug-likeness (QED) is 0.808. The first kappa shape index (κ1) is 14.1. The topological polar surface area (TPSA) is 71.2 Å². The molecule has 0 bridgehead atoms. The molecule has 0 spiro atoms. The van der Waals surface area contributed by atoms with Crippen molar-refractivity contribution in [2.75, 3.05) is 24.2 Å². The fraction of sp³-hybridized carbons (Fsp3) is 0.357. The lowest BCUT2D eigenvalue weighted by Crippen LogP contribution is -2.27. The molecule has 0 aliphatic carbocycles. The largest absolute Gasteiger partial charge is 0.396 e. The summed E-state index contributed by atoms with van der Waals surface area (Å²) in [6.45, 7) is 4.75. The number of fused-ring (bicyclic) bond motifs is 1. The first-order valence-electron chi connectivity index (χ1n) is 6.11. The first-order valence-corrected chi connectivity index (χ1v) is 6.91. The van der Waals surface area contributed by atoms with Gasteiger partial charge in [-0.15, -0.1) is 0 Å². The number of nitrogens with two attached hydrogens (primary N) is 1. The second kappa shape index (κ2) is 5.35. The van der Waals surface area contributed by atoms with Gasteiger partial charge < -0.3 is 16.2 Å². The van der Waals surface area contributed by atoms with Gasteiger partial charge in [-0.05, 0) is 18.2 Å². The summed E-state index contributed by atoms with van der Waals surface area (Å²) in [5.74, 6) is 0. The van der Waals surface area contributed by atoms with E-state index >= 15 is 0 Å². The lowest BCUT2D eigenvalue weighted by Gasteiger charge is -2.23. The van der Waals surface area contributed by atoms with Crippen molar-refractivity contribution >= 4 is 38.2 Å². The maximum atomic E-state index is 9.31. The number of hydrogen-bond donors (Lipinski definition) is 3. The zero-order valence-corrected chi connectivity index (χ0v) is 12.7. The number of nitrogen functional groups attached to an aromatic ring is 1. The van der Waals surface area contributed by atoms with Gasteiger partial charge >= 0.3 is 0 Å². The van der Waals surface area contributed by atoms with E-state index in [0.29, 0.717) is 12.2 Å². The van der Waals surface area contributed by atoms with E-state index < -0.39 is 0 Å². The zero-order valence-electron chi connectivity index (χ0n) is 11.1. The monoisotopic (exact) mass is 323 g/mol. The van der Waals surface area contributed by atoms with Crippen LogP contribution in [-0.4, -0.2) is 23.2 Å². The molecule has 2 aromatic rings. The van der Waals surface area contributed by atoms with Crippen molar-refractivity contribution in [2.45, 2.75) is 13.8 Å². The van der Waals surface area contributed by atoms with E-state index in [0.717, 1.165) is 21.1 Å². The molecule has 102 valence electrons. The number of aromatic nitrogens is 1. The molecule has 0 unspecified atom stereocenters. The van der Waals surface area contributed by atoms with E-state index in [4.69, 9.17) is 5.73 Å². The van der Waals surface area contributed by atoms with Crippen molar-refractivity contribution in [3.63, 3.8) is 0 Å². The minimum Gasteiger partial charge on any atom is -0.396 e. The van der Waals surface area contributed by atoms with Gasteiger partial charge in [0.05, 0.1) is 23.1 Å². The average molecular weight is 324 g/mol. The Bertz CT molecular complexity index is 593. The molecule has 0 atom stereocenters. The van der Waals surface area contributed by atoms with Crippen molar-refractivity contribution < 1.29 is 5.11 Å². The highest BCUT2D eigenvalue weighted by Gasteiger charge is 2.17. The van der Waals surface area contributed by atoms with Crippen LogP contribution in [0.1, 0.15) is 13.8 Å². The number of halogens is 1. The third-order valence-electron chi connectivity index (χ3n) is 3.03. The summed E-state index contributed by atoms with van der Waals surface area (Å²) < 4.78 is 0.983. The molecular weight excluding hydrogens is 306 g/mol. The smallest absolute Gasteiger partial charge is 0.0743 e. The Balaban J connectivity index is 2.41. The molecule has 0 radical (unpaired) electrons. The third-order valence-corrected chi connectivity index (χ3v) is 3.52. The number of rotatable bonds is 4. The summed E-state index contributed by atoms with van der Waals surface area (Å²) in [6.07, 6.45) is 1.66. The van der Waals surface area contributed by atoms with Crippen LogP contribution in [0.5, 0.6) is 0 Å². The van der Waals surface area contributed by atoms with Crippen molar-refractivity contribution in [1.82, 2.24) is 4.98 Å². The molecule has 1 aromatic carbocycles. The Morgan fingerprint density at radius 2 is 2.16 bits per heavy atom. The van der Waals surface area contributed by atoms with Gasteiger partial charge in [-0.2, -0.15) is 0 Å². The number of hydrogen-bond acceptors (Lipinski definition) is 4. The van der Waals surface area contributed by atoms with Crippen LogP contribution in [0, 0.1) is 5.41 Å². The molecule has 19 heavy (non-hydrogen) atoms. The van der Waals surface area contributed by atoms with Crippen LogP contribution in [0.15, 0.2) is 28.9 Å². The van der Waals surface area contributed by atoms with Crippen LogP contribution < -0.4 is 11.1 Å². The number of aliphatic hydroxyl groups is 1. The Labute approximate surface area is 121 Å². The lowest BCUT2D eigenvalue weighted by molar-refractivity contribution is 0.171. The van der Waals surface area contributed by atoms with Gasteiger partial charge in [-0.25, -0.2) is 0 Å². The molecule has 5 heteroatoms. The van der Waals surface area contributed by atoms with Crippen LogP contribution in [0.25, 0.3) is 10.9 Å². The fourth-order valence-corrected chi connectivity index (χ4v) is 2.12. The van der Waals surface area contributed by atoms with Gasteiger partial charge in [0.25, 0.3) is 0 Å². The van der Waals surface area contributed by atoms with Crippen molar-refractivity contribution in [2.24, 2.45) is 5.41 Å². The second-order valence-electron chi connectivity index (χ2n) is 5.43. The van der Waals surface area contributed by atoms with Gasteiger partial charge in [-0.1, -0.05) is 29.8 Å². The molecule has 0 aliphatic rings. The summed E-state index contributed by atoms with van der Waals surface area (Å²) in [4.78, 5) is 4.31. The molecule has 0 amide bonds. The molecule has 1 heterocycles. The van der Waals surface area contributed by atoms with Crippen LogP contribution in [0.3, 0.4) is 0 Å². The Morgan fingerprint density at radius 3 is 2.84 bits per heavy atom. The fourth-order valence-electron chi connectivity index (χ4n) is 1.76. The molecule has 4 N–H and O–H groups in total. The van der Waals surface area contributed by atoms with Crippen LogP contribution >= 0.6 is 15.9 Å². The average Bonchev–Trinajstić information content (AvgIpc) is 2.37. The standard InChI is InChI=1S/C14H18BrN3O/c1-14(2,8-19)7-18-13-10-5-9(15)3-4-12(10)17-6-11(13)16/h3-6,19H,7-8,16H2,1-2H3,(H,17,18). The molecule has 1 aromatic heterocycles. The van der Waals surface area contributed by atoms with Crippen LogP contribution in [0.2, 0.25) is 0 Å². The van der Waals surface area contributed by atoms with Crippen molar-refractivity contribution in [3.8, 4) is 0 Å². The van der Waals surface area contributed by atoms with Crippen molar-refractivity contribution in [3.05, 3.63) is 28.9 Å². The van der Waals surface area contributed by atoms with Gasteiger partial charge in [0.2, 0.25) is 0 Å². The van der Waals surface area contributed by atoms with E-state index in [2.05, 4.69) is 26.2 Å². The predicted molar refractivity (Wildman–Crippen MR) is 83.2 cm³/mol. The second-order valence-corrected chi connectivity index (χ2v) is 6.34. The molecular formula is C14H18BrN3O. The molecule has 0 aliphatic heterocycles. The number of anilines is 2. The van der Waals surface area contributed by atoms with Crippen LogP contribution in [0.4, 0.5) is 11.4 Å². The van der Waals surface area contributed by atoms with Crippen molar-refractivity contribution in [1.29, 1.82) is 0 Å². The Hall–Kier alpha value is -1.33. The van der Waals surface area contributed by atoms with E-state index in [1.165, 1.54) is 0 Å². The summed E-state index contributed by atoms with van der Waals surface area (Å²) in [6, 6.07) is 5.89. The van der Waals surface area contributed by atoms with Gasteiger partial charge in [0, 0.05) is 28.4 Å². The van der Waals surface area contributed by atoms with E-state index in [-0.39, 0.29) is 12.0 Å². The molecule has 0 saturated carbocycles. The van der Waals surface area contributed by atoms with Gasteiger partial charge in [0.15, 0.2) is 0 Å². The number of nitrogens with zero attached hydrogens (tertiary/aromatic N) is 1. The number of benzene rings is 1. The first-order chi connectivity index (χ1) is 8.93. The summed E-state index contributed by atoms with van der Waals surface area (Å²) in [5.41, 5.74) is 8.17. The summed E-state index contributed by atoms with van der Waals surface area (Å²) >= 11 is 3.46. The Kier molecular flexibility index (Phi) is 3.96. The Morgan fingerprint density at radius 1 is 1.42 bits per heavy atom. The highest BCUT2D eigenvalue weighted by Crippen LogP contribution is 2.31. The predicted octanol–water partition coefficient (Wildman–Crippen LogP) is 3.01. The van der Waals surface area contributed by atoms with Gasteiger partial charge in [-0.3, -0.25) is 4.98 Å². The SMILES string of the molecule is CC(C)(CO)CNc1c(N)cnc2ccc(Br)cc12. The molecule has 4 nitrogen and oxygen atoms in total. The van der Waals surface area contributed by atoms with Gasteiger partial charge in [0.1, 0.15) is 0 Å². The lowest BCUT2D eigenvalue weighted by atomic mass is 9.95.